The lowest BCUT2D eigenvalue weighted by Gasteiger charge is -2.21. The van der Waals surface area contributed by atoms with Crippen LogP contribution in [0.15, 0.2) is 12.1 Å². The number of rotatable bonds is 1. The fourth-order valence-corrected chi connectivity index (χ4v) is 3.58. The zero-order valence-corrected chi connectivity index (χ0v) is 11.9. The predicted molar refractivity (Wildman–Crippen MR) is 75.5 cm³/mol. The van der Waals surface area contributed by atoms with Crippen LogP contribution in [-0.4, -0.2) is 23.7 Å². The summed E-state index contributed by atoms with van der Waals surface area (Å²) in [4.78, 5) is 14.2. The quantitative estimate of drug-likeness (QED) is 0.863. The van der Waals surface area contributed by atoms with Crippen molar-refractivity contribution in [1.82, 2.24) is 0 Å². The van der Waals surface area contributed by atoms with Crippen LogP contribution in [0.3, 0.4) is 0 Å². The Morgan fingerprint density at radius 2 is 2.20 bits per heavy atom. The van der Waals surface area contributed by atoms with Gasteiger partial charge in [-0.15, -0.1) is 0 Å². The van der Waals surface area contributed by atoms with E-state index in [1.807, 2.05) is 13.0 Å². The molecule has 1 heterocycles. The normalized spacial score (nSPS) is 28.6. The number of nitrogens with zero attached hydrogens (tertiary/aromatic N) is 2. The Hall–Kier alpha value is -1.57. The van der Waals surface area contributed by atoms with Gasteiger partial charge in [-0.05, 0) is 37.5 Å². The molecule has 0 spiro atoms. The molecular weight excluding hydrogens is 276 g/mol. The molecule has 3 unspecified atom stereocenters. The first-order valence-corrected chi connectivity index (χ1v) is 7.11. The summed E-state index contributed by atoms with van der Waals surface area (Å²) in [6.07, 6.45) is 1.08. The zero-order chi connectivity index (χ0) is 14.4. The third kappa shape index (κ3) is 1.81. The second-order valence-corrected chi connectivity index (χ2v) is 5.92. The molecule has 5 heteroatoms. The van der Waals surface area contributed by atoms with Gasteiger partial charge in [0.05, 0.1) is 16.7 Å². The topological polar surface area (TPSA) is 64.3 Å². The van der Waals surface area contributed by atoms with Crippen LogP contribution in [0, 0.1) is 30.1 Å². The molecule has 1 aromatic rings. The summed E-state index contributed by atoms with van der Waals surface area (Å²) in [5, 5.41) is 19.3. The van der Waals surface area contributed by atoms with Gasteiger partial charge in [-0.2, -0.15) is 5.26 Å². The van der Waals surface area contributed by atoms with Gasteiger partial charge in [0.25, 0.3) is 0 Å². The number of carbonyl (C=O) groups is 1. The maximum atomic E-state index is 12.5. The summed E-state index contributed by atoms with van der Waals surface area (Å²) in [7, 11) is 0. The fourth-order valence-electron chi connectivity index (χ4n) is 3.37. The molecule has 2 aliphatic rings. The van der Waals surface area contributed by atoms with E-state index in [2.05, 4.69) is 0 Å². The lowest BCUT2D eigenvalue weighted by Crippen LogP contribution is -2.28. The molecule has 0 aromatic heterocycles. The number of anilines is 1. The molecule has 1 amide bonds. The zero-order valence-electron chi connectivity index (χ0n) is 11.1. The van der Waals surface area contributed by atoms with Crippen molar-refractivity contribution >= 4 is 23.2 Å². The Morgan fingerprint density at radius 3 is 2.85 bits per heavy atom. The van der Waals surface area contributed by atoms with Gasteiger partial charge in [0.2, 0.25) is 5.91 Å². The van der Waals surface area contributed by atoms with Crippen LogP contribution in [0.1, 0.15) is 24.0 Å². The Bertz CT molecular complexity index is 623. The Morgan fingerprint density at radius 1 is 1.45 bits per heavy atom. The number of benzene rings is 1. The third-order valence-electron chi connectivity index (χ3n) is 4.53. The minimum atomic E-state index is -0.386. The highest BCUT2D eigenvalue weighted by molar-refractivity contribution is 6.33. The van der Waals surface area contributed by atoms with Gasteiger partial charge < -0.3 is 10.0 Å². The van der Waals surface area contributed by atoms with Gasteiger partial charge >= 0.3 is 0 Å². The number of hydrogen-bond donors (Lipinski definition) is 1. The standard InChI is InChI=1S/C15H15ClN2O2/c1-8-12(4-2-9(6-17)14(8)16)18-7-11-10(15(18)20)3-5-13(11)19/h2,4,10-11,13,19H,3,5,7H2,1H3. The summed E-state index contributed by atoms with van der Waals surface area (Å²) >= 11 is 6.16. The van der Waals surface area contributed by atoms with E-state index in [-0.39, 0.29) is 23.8 Å². The van der Waals surface area contributed by atoms with Crippen molar-refractivity contribution in [2.24, 2.45) is 11.8 Å². The van der Waals surface area contributed by atoms with Gasteiger partial charge in [0.1, 0.15) is 6.07 Å². The van der Waals surface area contributed by atoms with Crippen molar-refractivity contribution in [1.29, 1.82) is 5.26 Å². The van der Waals surface area contributed by atoms with Crippen molar-refractivity contribution < 1.29 is 9.90 Å². The van der Waals surface area contributed by atoms with Crippen molar-refractivity contribution in [3.8, 4) is 6.07 Å². The van der Waals surface area contributed by atoms with Crippen molar-refractivity contribution in [3.63, 3.8) is 0 Å². The fraction of sp³-hybridized carbons (Fsp3) is 0.467. The van der Waals surface area contributed by atoms with Gasteiger partial charge in [0, 0.05) is 24.1 Å². The lowest BCUT2D eigenvalue weighted by molar-refractivity contribution is -0.120. The molecule has 1 aromatic carbocycles. The average Bonchev–Trinajstić information content (AvgIpc) is 2.95. The second kappa shape index (κ2) is 4.76. The van der Waals surface area contributed by atoms with E-state index < -0.39 is 0 Å². The molecule has 4 nitrogen and oxygen atoms in total. The number of hydrogen-bond acceptors (Lipinski definition) is 3. The molecule has 0 radical (unpaired) electrons. The second-order valence-electron chi connectivity index (χ2n) is 5.55. The number of amides is 1. The summed E-state index contributed by atoms with van der Waals surface area (Å²) in [5.41, 5.74) is 1.91. The Balaban J connectivity index is 1.98. The van der Waals surface area contributed by atoms with Crippen LogP contribution < -0.4 is 4.90 Å². The SMILES string of the molecule is Cc1c(N2CC3C(O)CCC3C2=O)ccc(C#N)c1Cl. The smallest absolute Gasteiger partial charge is 0.230 e. The van der Waals surface area contributed by atoms with E-state index in [4.69, 9.17) is 16.9 Å². The van der Waals surface area contributed by atoms with Crippen LogP contribution in [-0.2, 0) is 4.79 Å². The molecule has 1 aliphatic heterocycles. The number of nitriles is 1. The van der Waals surface area contributed by atoms with Crippen molar-refractivity contribution in [2.45, 2.75) is 25.9 Å². The maximum absolute atomic E-state index is 12.5. The molecule has 1 N–H and O–H groups in total. The van der Waals surface area contributed by atoms with E-state index in [1.165, 1.54) is 0 Å². The molecule has 20 heavy (non-hydrogen) atoms. The number of aliphatic hydroxyl groups is 1. The van der Waals surface area contributed by atoms with Crippen LogP contribution in [0.4, 0.5) is 5.69 Å². The van der Waals surface area contributed by atoms with Gasteiger partial charge in [-0.25, -0.2) is 0 Å². The molecular formula is C15H15ClN2O2. The molecule has 3 rings (SSSR count). The highest BCUT2D eigenvalue weighted by Crippen LogP contribution is 2.42. The highest BCUT2D eigenvalue weighted by Gasteiger charge is 2.48. The van der Waals surface area contributed by atoms with E-state index in [0.717, 1.165) is 17.7 Å². The van der Waals surface area contributed by atoms with Crippen LogP contribution in [0.5, 0.6) is 0 Å². The molecule has 0 bridgehead atoms. The molecule has 1 saturated carbocycles. The van der Waals surface area contributed by atoms with Crippen molar-refractivity contribution in [2.75, 3.05) is 11.4 Å². The predicted octanol–water partition coefficient (Wildman–Crippen LogP) is 2.25. The first-order chi connectivity index (χ1) is 9.54. The van der Waals surface area contributed by atoms with E-state index in [1.54, 1.807) is 17.0 Å². The maximum Gasteiger partial charge on any atom is 0.230 e. The van der Waals surface area contributed by atoms with E-state index in [9.17, 15) is 9.90 Å². The molecule has 3 atom stereocenters. The minimum Gasteiger partial charge on any atom is -0.393 e. The molecule has 1 saturated heterocycles. The van der Waals surface area contributed by atoms with Gasteiger partial charge in [-0.1, -0.05) is 11.6 Å². The minimum absolute atomic E-state index is 0.0244. The average molecular weight is 291 g/mol. The van der Waals surface area contributed by atoms with Crippen molar-refractivity contribution in [3.05, 3.63) is 28.3 Å². The Kier molecular flexibility index (Phi) is 3.19. The first kappa shape index (κ1) is 13.4. The number of aliphatic hydroxyl groups excluding tert-OH is 1. The number of halogens is 1. The number of fused-ring (bicyclic) bond motifs is 1. The lowest BCUT2D eigenvalue weighted by atomic mass is 9.99. The van der Waals surface area contributed by atoms with Gasteiger partial charge in [0.15, 0.2) is 0 Å². The summed E-state index contributed by atoms with van der Waals surface area (Å²) in [5.74, 6) is 0.0190. The van der Waals surface area contributed by atoms with Crippen LogP contribution >= 0.6 is 11.6 Å². The van der Waals surface area contributed by atoms with E-state index in [0.29, 0.717) is 23.6 Å². The van der Waals surface area contributed by atoms with E-state index >= 15 is 0 Å². The van der Waals surface area contributed by atoms with Crippen LogP contribution in [0.2, 0.25) is 5.02 Å². The first-order valence-electron chi connectivity index (χ1n) is 6.73. The molecule has 2 fully saturated rings. The Labute approximate surface area is 122 Å². The van der Waals surface area contributed by atoms with Crippen LogP contribution in [0.25, 0.3) is 0 Å². The summed E-state index contributed by atoms with van der Waals surface area (Å²) in [6, 6.07) is 5.45. The molecule has 1 aliphatic carbocycles. The third-order valence-corrected chi connectivity index (χ3v) is 5.02. The molecule has 104 valence electrons. The summed E-state index contributed by atoms with van der Waals surface area (Å²) < 4.78 is 0. The van der Waals surface area contributed by atoms with Gasteiger partial charge in [-0.3, -0.25) is 4.79 Å². The highest BCUT2D eigenvalue weighted by atomic mass is 35.5. The summed E-state index contributed by atoms with van der Waals surface area (Å²) in [6.45, 7) is 2.35. The monoisotopic (exact) mass is 290 g/mol. The number of carbonyl (C=O) groups excluding carboxylic acids is 1. The largest absolute Gasteiger partial charge is 0.393 e.